The zero-order valence-corrected chi connectivity index (χ0v) is 19.7. The third kappa shape index (κ3) is 4.62. The molecule has 0 spiro atoms. The second-order valence-electron chi connectivity index (χ2n) is 8.04. The minimum atomic E-state index is -3.22. The van der Waals surface area contributed by atoms with E-state index in [1.807, 2.05) is 24.3 Å². The van der Waals surface area contributed by atoms with E-state index in [9.17, 15) is 13.2 Å². The molecule has 1 aromatic heterocycles. The van der Waals surface area contributed by atoms with Gasteiger partial charge in [-0.05, 0) is 42.3 Å². The maximum absolute atomic E-state index is 13.1. The summed E-state index contributed by atoms with van der Waals surface area (Å²) in [7, 11) is -3.22. The van der Waals surface area contributed by atoms with Gasteiger partial charge in [-0.2, -0.15) is 0 Å². The molecule has 0 saturated carbocycles. The van der Waals surface area contributed by atoms with E-state index in [1.54, 1.807) is 24.3 Å². The fraction of sp³-hybridized carbons (Fsp3) is 0.292. The summed E-state index contributed by atoms with van der Waals surface area (Å²) in [6, 6.07) is 19.0. The summed E-state index contributed by atoms with van der Waals surface area (Å²) < 4.78 is 31.2. The molecule has 3 heterocycles. The lowest BCUT2D eigenvalue weighted by Crippen LogP contribution is -2.35. The Morgan fingerprint density at radius 2 is 1.70 bits per heavy atom. The van der Waals surface area contributed by atoms with Crippen LogP contribution < -0.4 is 14.5 Å². The number of amides is 1. The highest BCUT2D eigenvalue weighted by Gasteiger charge is 2.28. The largest absolute Gasteiger partial charge is 0.378 e. The van der Waals surface area contributed by atoms with Crippen molar-refractivity contribution >= 4 is 43.6 Å². The number of sulfonamides is 1. The lowest BCUT2D eigenvalue weighted by atomic mass is 10.1. The Hall–Kier alpha value is -2.88. The molecule has 0 unspecified atom stereocenters. The molecular weight excluding hydrogens is 458 g/mol. The highest BCUT2D eigenvalue weighted by atomic mass is 32.2. The lowest BCUT2D eigenvalue weighted by Gasteiger charge is -2.28. The van der Waals surface area contributed by atoms with Gasteiger partial charge in [-0.25, -0.2) is 8.42 Å². The SMILES string of the molecule is O=C(Nc1ccc(N2CCCS2(=O)=O)cc1)c1cc(-c2ccccc2)c(N2CCOCC2)s1. The van der Waals surface area contributed by atoms with Crippen LogP contribution in [-0.2, 0) is 14.8 Å². The highest BCUT2D eigenvalue weighted by molar-refractivity contribution is 7.93. The van der Waals surface area contributed by atoms with Gasteiger partial charge in [-0.3, -0.25) is 9.10 Å². The van der Waals surface area contributed by atoms with Crippen molar-refractivity contribution in [3.05, 3.63) is 65.5 Å². The van der Waals surface area contributed by atoms with E-state index in [1.165, 1.54) is 15.6 Å². The number of hydrogen-bond acceptors (Lipinski definition) is 6. The highest BCUT2D eigenvalue weighted by Crippen LogP contribution is 2.39. The maximum atomic E-state index is 13.1. The van der Waals surface area contributed by atoms with Gasteiger partial charge in [0.15, 0.2) is 0 Å². The van der Waals surface area contributed by atoms with Crippen molar-refractivity contribution in [1.82, 2.24) is 0 Å². The van der Waals surface area contributed by atoms with E-state index in [-0.39, 0.29) is 11.7 Å². The van der Waals surface area contributed by atoms with Crippen LogP contribution in [0.4, 0.5) is 16.4 Å². The first kappa shape index (κ1) is 21.9. The van der Waals surface area contributed by atoms with Gasteiger partial charge in [0.05, 0.1) is 34.5 Å². The third-order valence-corrected chi connectivity index (χ3v) is 8.90. The van der Waals surface area contributed by atoms with Crippen LogP contribution in [0, 0.1) is 0 Å². The van der Waals surface area contributed by atoms with E-state index in [4.69, 9.17) is 4.74 Å². The Balaban J connectivity index is 1.38. The Morgan fingerprint density at radius 1 is 0.970 bits per heavy atom. The van der Waals surface area contributed by atoms with Gasteiger partial charge >= 0.3 is 0 Å². The number of rotatable bonds is 5. The molecule has 0 radical (unpaired) electrons. The number of thiophene rings is 1. The summed E-state index contributed by atoms with van der Waals surface area (Å²) >= 11 is 1.48. The number of hydrogen-bond donors (Lipinski definition) is 1. The van der Waals surface area contributed by atoms with Gasteiger partial charge < -0.3 is 15.0 Å². The summed E-state index contributed by atoms with van der Waals surface area (Å²) in [5.41, 5.74) is 3.37. The Kier molecular flexibility index (Phi) is 6.09. The van der Waals surface area contributed by atoms with Crippen LogP contribution in [0.5, 0.6) is 0 Å². The molecule has 172 valence electrons. The average molecular weight is 484 g/mol. The van der Waals surface area contributed by atoms with Crippen molar-refractivity contribution < 1.29 is 17.9 Å². The van der Waals surface area contributed by atoms with Gasteiger partial charge in [0, 0.05) is 30.9 Å². The van der Waals surface area contributed by atoms with E-state index in [2.05, 4.69) is 22.3 Å². The molecule has 0 bridgehead atoms. The zero-order valence-electron chi connectivity index (χ0n) is 18.1. The first-order valence-electron chi connectivity index (χ1n) is 10.9. The summed E-state index contributed by atoms with van der Waals surface area (Å²) in [6.45, 7) is 3.43. The summed E-state index contributed by atoms with van der Waals surface area (Å²) in [6.07, 6.45) is 0.633. The number of carbonyl (C=O) groups is 1. The van der Waals surface area contributed by atoms with Crippen molar-refractivity contribution in [3.63, 3.8) is 0 Å². The molecule has 1 amide bonds. The zero-order chi connectivity index (χ0) is 22.8. The fourth-order valence-electron chi connectivity index (χ4n) is 4.15. The van der Waals surface area contributed by atoms with Crippen LogP contribution in [0.3, 0.4) is 0 Å². The number of nitrogens with zero attached hydrogens (tertiary/aromatic N) is 2. The molecule has 2 saturated heterocycles. The molecule has 33 heavy (non-hydrogen) atoms. The van der Waals surface area contributed by atoms with Crippen molar-refractivity contribution in [2.45, 2.75) is 6.42 Å². The first-order valence-corrected chi connectivity index (χ1v) is 13.4. The second-order valence-corrected chi connectivity index (χ2v) is 11.1. The number of benzene rings is 2. The van der Waals surface area contributed by atoms with Gasteiger partial charge in [-0.1, -0.05) is 30.3 Å². The van der Waals surface area contributed by atoms with E-state index in [0.29, 0.717) is 42.4 Å². The fourth-order valence-corrected chi connectivity index (χ4v) is 6.84. The summed E-state index contributed by atoms with van der Waals surface area (Å²) in [4.78, 5) is 16.0. The molecule has 7 nitrogen and oxygen atoms in total. The molecule has 2 aromatic carbocycles. The Labute approximate surface area is 197 Å². The Morgan fingerprint density at radius 3 is 2.36 bits per heavy atom. The van der Waals surface area contributed by atoms with Crippen LogP contribution in [0.1, 0.15) is 16.1 Å². The second kappa shape index (κ2) is 9.17. The normalized spacial score (nSPS) is 17.8. The standard InChI is InChI=1S/C24H25N3O4S2/c28-23(25-19-7-9-20(10-8-19)27-11-4-16-33(27,29)30)22-17-21(18-5-2-1-3-6-18)24(32-22)26-12-14-31-15-13-26/h1-3,5-10,17H,4,11-16H2,(H,25,28). The molecule has 2 aliphatic rings. The number of ether oxygens (including phenoxy) is 1. The van der Waals surface area contributed by atoms with Gasteiger partial charge in [0.2, 0.25) is 10.0 Å². The number of carbonyl (C=O) groups excluding carboxylic acids is 1. The molecule has 3 aromatic rings. The van der Waals surface area contributed by atoms with Gasteiger partial charge in [0.25, 0.3) is 5.91 Å². The first-order chi connectivity index (χ1) is 16.0. The van der Waals surface area contributed by atoms with Crippen LogP contribution in [0.25, 0.3) is 11.1 Å². The van der Waals surface area contributed by atoms with Crippen LogP contribution in [0.2, 0.25) is 0 Å². The van der Waals surface area contributed by atoms with Crippen molar-refractivity contribution in [1.29, 1.82) is 0 Å². The molecular formula is C24H25N3O4S2. The predicted molar refractivity (Wildman–Crippen MR) is 133 cm³/mol. The van der Waals surface area contributed by atoms with Crippen LogP contribution >= 0.6 is 11.3 Å². The van der Waals surface area contributed by atoms with Crippen molar-refractivity contribution in [3.8, 4) is 11.1 Å². The summed E-state index contributed by atoms with van der Waals surface area (Å²) in [5, 5.41) is 4.03. The molecule has 1 N–H and O–H groups in total. The molecule has 2 fully saturated rings. The number of anilines is 3. The molecule has 0 atom stereocenters. The topological polar surface area (TPSA) is 79.0 Å². The van der Waals surface area contributed by atoms with Crippen LogP contribution in [0.15, 0.2) is 60.7 Å². The predicted octanol–water partition coefficient (Wildman–Crippen LogP) is 4.04. The maximum Gasteiger partial charge on any atom is 0.265 e. The van der Waals surface area contributed by atoms with Gasteiger partial charge in [0.1, 0.15) is 0 Å². The van der Waals surface area contributed by atoms with E-state index >= 15 is 0 Å². The minimum absolute atomic E-state index is 0.180. The summed E-state index contributed by atoms with van der Waals surface area (Å²) in [5.74, 6) is -0.00254. The smallest absolute Gasteiger partial charge is 0.265 e. The van der Waals surface area contributed by atoms with E-state index < -0.39 is 10.0 Å². The lowest BCUT2D eigenvalue weighted by molar-refractivity contribution is 0.103. The Bertz CT molecular complexity index is 1230. The number of morpholine rings is 1. The van der Waals surface area contributed by atoms with E-state index in [0.717, 1.165) is 29.2 Å². The number of nitrogens with one attached hydrogen (secondary N) is 1. The third-order valence-electron chi connectivity index (χ3n) is 5.83. The quantitative estimate of drug-likeness (QED) is 0.593. The monoisotopic (exact) mass is 483 g/mol. The van der Waals surface area contributed by atoms with Crippen LogP contribution in [-0.4, -0.2) is 52.9 Å². The molecule has 9 heteroatoms. The average Bonchev–Trinajstić information content (AvgIpc) is 3.44. The molecule has 0 aliphatic carbocycles. The van der Waals surface area contributed by atoms with Crippen molar-refractivity contribution in [2.75, 3.05) is 53.1 Å². The van der Waals surface area contributed by atoms with Crippen molar-refractivity contribution in [2.24, 2.45) is 0 Å². The minimum Gasteiger partial charge on any atom is -0.378 e. The molecule has 2 aliphatic heterocycles. The molecule has 5 rings (SSSR count). The van der Waals surface area contributed by atoms with Gasteiger partial charge in [-0.15, -0.1) is 11.3 Å².